The number of benzene rings is 1. The first-order valence-electron chi connectivity index (χ1n) is 5.31. The van der Waals surface area contributed by atoms with Crippen molar-refractivity contribution in [1.82, 2.24) is 0 Å². The van der Waals surface area contributed by atoms with E-state index in [0.717, 1.165) is 17.7 Å². The summed E-state index contributed by atoms with van der Waals surface area (Å²) >= 11 is 11.7. The van der Waals surface area contributed by atoms with Gasteiger partial charge >= 0.3 is 0 Å². The molecule has 1 amide bonds. The molecular formula is C12H13Cl2NO. The highest BCUT2D eigenvalue weighted by molar-refractivity contribution is 6.52. The molecule has 0 heterocycles. The number of rotatable bonds is 3. The van der Waals surface area contributed by atoms with Crippen LogP contribution in [0.25, 0.3) is 0 Å². The van der Waals surface area contributed by atoms with Crippen LogP contribution in [0.4, 0.5) is 5.69 Å². The molecule has 16 heavy (non-hydrogen) atoms. The zero-order chi connectivity index (χ0) is 11.8. The number of nitrogens with one attached hydrogen (secondary N) is 1. The Morgan fingerprint density at radius 1 is 1.50 bits per heavy atom. The second kappa shape index (κ2) is 4.27. The number of aryl methyl sites for hydroxylation is 1. The van der Waals surface area contributed by atoms with E-state index in [1.54, 1.807) is 0 Å². The number of anilines is 1. The first kappa shape index (κ1) is 11.7. The topological polar surface area (TPSA) is 29.1 Å². The second-order valence-corrected chi connectivity index (χ2v) is 5.56. The Morgan fingerprint density at radius 3 is 2.69 bits per heavy atom. The van der Waals surface area contributed by atoms with E-state index in [1.807, 2.05) is 24.3 Å². The third-order valence-electron chi connectivity index (χ3n) is 2.80. The van der Waals surface area contributed by atoms with Gasteiger partial charge < -0.3 is 5.32 Å². The fourth-order valence-corrected chi connectivity index (χ4v) is 2.17. The SMILES string of the molecule is CCc1ccccc1NC(=O)[C@@H]1CC1(Cl)Cl. The molecular weight excluding hydrogens is 245 g/mol. The minimum absolute atomic E-state index is 0.0918. The first-order valence-corrected chi connectivity index (χ1v) is 6.07. The molecule has 0 aliphatic heterocycles. The Labute approximate surface area is 105 Å². The molecule has 0 unspecified atom stereocenters. The summed E-state index contributed by atoms with van der Waals surface area (Å²) in [6.45, 7) is 2.05. The zero-order valence-electron chi connectivity index (χ0n) is 8.97. The van der Waals surface area contributed by atoms with Crippen LogP contribution in [0.3, 0.4) is 0 Å². The molecule has 1 atom stereocenters. The molecule has 4 heteroatoms. The molecule has 1 fully saturated rings. The van der Waals surface area contributed by atoms with Crippen LogP contribution in [0, 0.1) is 5.92 Å². The predicted octanol–water partition coefficient (Wildman–Crippen LogP) is 3.38. The molecule has 0 radical (unpaired) electrons. The summed E-state index contributed by atoms with van der Waals surface area (Å²) < 4.78 is -0.856. The Hall–Kier alpha value is -0.730. The number of para-hydroxylation sites is 1. The summed E-state index contributed by atoms with van der Waals surface area (Å²) in [5, 5.41) is 2.87. The van der Waals surface area contributed by atoms with E-state index >= 15 is 0 Å². The Balaban J connectivity index is 2.07. The molecule has 1 aliphatic carbocycles. The number of carbonyl (C=O) groups is 1. The third kappa shape index (κ3) is 2.33. The van der Waals surface area contributed by atoms with Crippen LogP contribution in [-0.2, 0) is 11.2 Å². The van der Waals surface area contributed by atoms with Gasteiger partial charge in [0, 0.05) is 5.69 Å². The van der Waals surface area contributed by atoms with Crippen LogP contribution in [0.5, 0.6) is 0 Å². The smallest absolute Gasteiger partial charge is 0.230 e. The highest BCUT2D eigenvalue weighted by Crippen LogP contribution is 2.53. The molecule has 1 saturated carbocycles. The molecule has 1 aromatic rings. The normalized spacial score (nSPS) is 21.6. The Kier molecular flexibility index (Phi) is 3.13. The number of alkyl halides is 2. The molecule has 86 valence electrons. The van der Waals surface area contributed by atoms with Gasteiger partial charge in [0.15, 0.2) is 0 Å². The molecule has 1 N–H and O–H groups in total. The lowest BCUT2D eigenvalue weighted by molar-refractivity contribution is -0.117. The lowest BCUT2D eigenvalue weighted by atomic mass is 10.1. The molecule has 0 saturated heterocycles. The summed E-state index contributed by atoms with van der Waals surface area (Å²) in [5.41, 5.74) is 1.97. The summed E-state index contributed by atoms with van der Waals surface area (Å²) in [5.74, 6) is -0.369. The van der Waals surface area contributed by atoms with Crippen LogP contribution < -0.4 is 5.32 Å². The molecule has 0 bridgehead atoms. The van der Waals surface area contributed by atoms with Crippen molar-refractivity contribution < 1.29 is 4.79 Å². The van der Waals surface area contributed by atoms with Gasteiger partial charge in [0.25, 0.3) is 0 Å². The predicted molar refractivity (Wildman–Crippen MR) is 67.0 cm³/mol. The molecule has 1 aliphatic rings. The fourth-order valence-electron chi connectivity index (χ4n) is 1.67. The van der Waals surface area contributed by atoms with Crippen molar-refractivity contribution in [2.45, 2.75) is 24.1 Å². The third-order valence-corrected chi connectivity index (χ3v) is 3.63. The molecule has 0 spiro atoms. The molecule has 2 nitrogen and oxygen atoms in total. The average Bonchev–Trinajstić information content (AvgIpc) is 2.89. The van der Waals surface area contributed by atoms with Crippen LogP contribution in [0.1, 0.15) is 18.9 Å². The number of amides is 1. The lowest BCUT2D eigenvalue weighted by Gasteiger charge is -2.09. The minimum atomic E-state index is -0.856. The van der Waals surface area contributed by atoms with Gasteiger partial charge in [-0.05, 0) is 24.5 Å². The average molecular weight is 258 g/mol. The standard InChI is InChI=1S/C12H13Cl2NO/c1-2-8-5-3-4-6-10(8)15-11(16)9-7-12(9,13)14/h3-6,9H,2,7H2,1H3,(H,15,16)/t9-/m0/s1. The molecule has 0 aromatic heterocycles. The van der Waals surface area contributed by atoms with Crippen molar-refractivity contribution in [3.8, 4) is 0 Å². The maximum Gasteiger partial charge on any atom is 0.230 e. The van der Waals surface area contributed by atoms with E-state index in [-0.39, 0.29) is 11.8 Å². The van der Waals surface area contributed by atoms with E-state index in [4.69, 9.17) is 23.2 Å². The minimum Gasteiger partial charge on any atom is -0.326 e. The highest BCUT2D eigenvalue weighted by Gasteiger charge is 2.56. The van der Waals surface area contributed by atoms with Gasteiger partial charge in [-0.3, -0.25) is 4.79 Å². The van der Waals surface area contributed by atoms with E-state index in [9.17, 15) is 4.79 Å². The molecule has 2 rings (SSSR count). The van der Waals surface area contributed by atoms with Gasteiger partial charge in [-0.2, -0.15) is 0 Å². The van der Waals surface area contributed by atoms with E-state index in [0.29, 0.717) is 6.42 Å². The lowest BCUT2D eigenvalue weighted by Crippen LogP contribution is -2.17. The van der Waals surface area contributed by atoms with Gasteiger partial charge in [-0.25, -0.2) is 0 Å². The maximum absolute atomic E-state index is 11.8. The monoisotopic (exact) mass is 257 g/mol. The van der Waals surface area contributed by atoms with Gasteiger partial charge in [0.05, 0.1) is 5.92 Å². The first-order chi connectivity index (χ1) is 7.54. The number of hydrogen-bond acceptors (Lipinski definition) is 1. The molecule has 1 aromatic carbocycles. The van der Waals surface area contributed by atoms with Crippen molar-refractivity contribution in [3.05, 3.63) is 29.8 Å². The van der Waals surface area contributed by atoms with Crippen molar-refractivity contribution in [1.29, 1.82) is 0 Å². The van der Waals surface area contributed by atoms with Crippen molar-refractivity contribution >= 4 is 34.8 Å². The number of hydrogen-bond donors (Lipinski definition) is 1. The van der Waals surface area contributed by atoms with E-state index < -0.39 is 4.33 Å². The van der Waals surface area contributed by atoms with Crippen LogP contribution in [0.15, 0.2) is 24.3 Å². The van der Waals surface area contributed by atoms with Crippen LogP contribution in [0.2, 0.25) is 0 Å². The maximum atomic E-state index is 11.8. The van der Waals surface area contributed by atoms with Crippen molar-refractivity contribution in [3.63, 3.8) is 0 Å². The van der Waals surface area contributed by atoms with Crippen LogP contribution in [-0.4, -0.2) is 10.2 Å². The second-order valence-electron chi connectivity index (χ2n) is 4.02. The summed E-state index contributed by atoms with van der Waals surface area (Å²) in [4.78, 5) is 11.8. The Morgan fingerprint density at radius 2 is 2.12 bits per heavy atom. The van der Waals surface area contributed by atoms with Gasteiger partial charge in [0.2, 0.25) is 5.91 Å². The fraction of sp³-hybridized carbons (Fsp3) is 0.417. The van der Waals surface area contributed by atoms with Gasteiger partial charge in [0.1, 0.15) is 4.33 Å². The largest absolute Gasteiger partial charge is 0.326 e. The van der Waals surface area contributed by atoms with Gasteiger partial charge in [-0.15, -0.1) is 23.2 Å². The van der Waals surface area contributed by atoms with E-state index in [1.165, 1.54) is 0 Å². The van der Waals surface area contributed by atoms with Crippen molar-refractivity contribution in [2.24, 2.45) is 5.92 Å². The Bertz CT molecular complexity index is 417. The number of carbonyl (C=O) groups excluding carboxylic acids is 1. The highest BCUT2D eigenvalue weighted by atomic mass is 35.5. The van der Waals surface area contributed by atoms with Gasteiger partial charge in [-0.1, -0.05) is 25.1 Å². The summed E-state index contributed by atoms with van der Waals surface area (Å²) in [6, 6.07) is 7.75. The van der Waals surface area contributed by atoms with E-state index in [2.05, 4.69) is 12.2 Å². The quantitative estimate of drug-likeness (QED) is 0.827. The zero-order valence-corrected chi connectivity index (χ0v) is 10.5. The number of halogens is 2. The van der Waals surface area contributed by atoms with Crippen LogP contribution >= 0.6 is 23.2 Å². The summed E-state index contributed by atoms with van der Waals surface area (Å²) in [6.07, 6.45) is 1.42. The summed E-state index contributed by atoms with van der Waals surface area (Å²) in [7, 11) is 0. The van der Waals surface area contributed by atoms with Crippen molar-refractivity contribution in [2.75, 3.05) is 5.32 Å².